The normalized spacial score (nSPS) is 15.6. The van der Waals surface area contributed by atoms with Crippen molar-refractivity contribution in [3.63, 3.8) is 0 Å². The van der Waals surface area contributed by atoms with E-state index in [4.69, 9.17) is 4.98 Å². The number of halogens is 4. The monoisotopic (exact) mass is 639 g/mol. The summed E-state index contributed by atoms with van der Waals surface area (Å²) in [5, 5.41) is 12.4. The predicted molar refractivity (Wildman–Crippen MR) is 154 cm³/mol. The van der Waals surface area contributed by atoms with Crippen molar-refractivity contribution in [2.75, 3.05) is 5.32 Å². The van der Waals surface area contributed by atoms with Gasteiger partial charge in [-0.05, 0) is 56.7 Å². The molecule has 0 saturated carbocycles. The lowest BCUT2D eigenvalue weighted by Gasteiger charge is -2.35. The Morgan fingerprint density at radius 3 is 2.76 bits per heavy atom. The molecule has 9 nitrogen and oxygen atoms in total. The molecule has 2 aromatic heterocycles. The summed E-state index contributed by atoms with van der Waals surface area (Å²) in [4.78, 5) is 38.0. The van der Waals surface area contributed by atoms with E-state index in [0.717, 1.165) is 6.07 Å². The van der Waals surface area contributed by atoms with Gasteiger partial charge in [-0.3, -0.25) is 9.59 Å². The maximum atomic E-state index is 14.0. The van der Waals surface area contributed by atoms with Gasteiger partial charge in [-0.25, -0.2) is 14.5 Å². The standard InChI is InChI=1S/C29H25BrF3N7O2/c1-4-16(2)36-28-37-24-14-39(26(41)18-5-7-22(30)21(12-18)29(31,32)33)17(3)11-20(24)27(42)40(28)19-6-8-23-25(13-19)38(10-9-34)15-35-23/h4-8,12-13,15-17H,1,10-11,14H2,2-3H3,(H,36,37)/t16-,17+/m0/s1. The molecule has 0 saturated heterocycles. The Hall–Kier alpha value is -4.44. The molecule has 42 heavy (non-hydrogen) atoms. The molecule has 1 aliphatic rings. The van der Waals surface area contributed by atoms with E-state index < -0.39 is 23.7 Å². The minimum atomic E-state index is -4.64. The van der Waals surface area contributed by atoms with Gasteiger partial charge in [-0.15, -0.1) is 6.58 Å². The van der Waals surface area contributed by atoms with E-state index in [-0.39, 0.29) is 47.1 Å². The SMILES string of the molecule is C=C[C@H](C)Nc1nc2c(c(=O)n1-c1ccc3ncn(CC#N)c3c1)C[C@@H](C)N(C(=O)c1ccc(Br)c(C(F)(F)F)c1)C2. The minimum Gasteiger partial charge on any atom is -0.349 e. The molecule has 0 spiro atoms. The van der Waals surface area contributed by atoms with Crippen LogP contribution < -0.4 is 10.9 Å². The molecule has 5 rings (SSSR count). The zero-order valence-electron chi connectivity index (χ0n) is 22.6. The van der Waals surface area contributed by atoms with Crippen LogP contribution in [0.15, 0.2) is 64.6 Å². The molecule has 0 aliphatic carbocycles. The Balaban J connectivity index is 1.59. The van der Waals surface area contributed by atoms with Crippen molar-refractivity contribution in [3.05, 3.63) is 92.6 Å². The third-order valence-electron chi connectivity index (χ3n) is 7.21. The number of nitrogens with one attached hydrogen (secondary N) is 1. The molecule has 1 amide bonds. The number of fused-ring (bicyclic) bond motifs is 2. The molecule has 13 heteroatoms. The number of amides is 1. The van der Waals surface area contributed by atoms with E-state index in [1.165, 1.54) is 21.6 Å². The fourth-order valence-electron chi connectivity index (χ4n) is 4.96. The summed E-state index contributed by atoms with van der Waals surface area (Å²) in [6, 6.07) is 9.93. The van der Waals surface area contributed by atoms with Gasteiger partial charge >= 0.3 is 6.18 Å². The van der Waals surface area contributed by atoms with Gasteiger partial charge in [0.05, 0.1) is 46.9 Å². The summed E-state index contributed by atoms with van der Waals surface area (Å²) in [6.45, 7) is 7.38. The van der Waals surface area contributed by atoms with Crippen molar-refractivity contribution in [3.8, 4) is 11.8 Å². The Kier molecular flexibility index (Phi) is 7.68. The van der Waals surface area contributed by atoms with Crippen LogP contribution in [-0.4, -0.2) is 42.0 Å². The molecule has 2 atom stereocenters. The molecule has 0 radical (unpaired) electrons. The fraction of sp³-hybridized carbons (Fsp3) is 0.276. The molecule has 0 unspecified atom stereocenters. The van der Waals surface area contributed by atoms with Crippen molar-refractivity contribution in [1.29, 1.82) is 5.26 Å². The third kappa shape index (κ3) is 5.30. The van der Waals surface area contributed by atoms with Gasteiger partial charge in [0.25, 0.3) is 11.5 Å². The molecule has 2 aromatic carbocycles. The lowest BCUT2D eigenvalue weighted by atomic mass is 9.98. The number of nitriles is 1. The van der Waals surface area contributed by atoms with E-state index >= 15 is 0 Å². The van der Waals surface area contributed by atoms with Crippen LogP contribution in [0.3, 0.4) is 0 Å². The number of carbonyl (C=O) groups excluding carboxylic acids is 1. The quantitative estimate of drug-likeness (QED) is 0.281. The first kappa shape index (κ1) is 29.1. The predicted octanol–water partition coefficient (Wildman–Crippen LogP) is 5.46. The highest BCUT2D eigenvalue weighted by Crippen LogP contribution is 2.36. The molecule has 1 N–H and O–H groups in total. The first-order valence-electron chi connectivity index (χ1n) is 13.0. The van der Waals surface area contributed by atoms with E-state index in [2.05, 4.69) is 38.9 Å². The molecule has 1 aliphatic heterocycles. The van der Waals surface area contributed by atoms with E-state index in [9.17, 15) is 28.0 Å². The Morgan fingerprint density at radius 2 is 2.07 bits per heavy atom. The number of hydrogen-bond acceptors (Lipinski definition) is 6. The highest BCUT2D eigenvalue weighted by Gasteiger charge is 2.36. The lowest BCUT2D eigenvalue weighted by molar-refractivity contribution is -0.138. The number of carbonyl (C=O) groups is 1. The van der Waals surface area contributed by atoms with Crippen molar-refractivity contribution >= 4 is 38.8 Å². The summed E-state index contributed by atoms with van der Waals surface area (Å²) < 4.78 is 43.5. The van der Waals surface area contributed by atoms with Crippen LogP contribution in [0, 0.1) is 11.3 Å². The average Bonchev–Trinajstić information content (AvgIpc) is 3.34. The van der Waals surface area contributed by atoms with Gasteiger partial charge in [0.1, 0.15) is 6.54 Å². The van der Waals surface area contributed by atoms with Crippen LogP contribution in [0.4, 0.5) is 19.1 Å². The minimum absolute atomic E-state index is 0.0616. The highest BCUT2D eigenvalue weighted by atomic mass is 79.9. The molecular weight excluding hydrogens is 615 g/mol. The summed E-state index contributed by atoms with van der Waals surface area (Å²) >= 11 is 2.91. The molecular formula is C29H25BrF3N7O2. The topological polar surface area (TPSA) is 109 Å². The van der Waals surface area contributed by atoms with Gasteiger partial charge in [-0.1, -0.05) is 22.0 Å². The number of rotatable bonds is 6. The van der Waals surface area contributed by atoms with E-state index in [1.807, 2.05) is 6.92 Å². The number of benzene rings is 2. The lowest BCUT2D eigenvalue weighted by Crippen LogP contribution is -2.46. The maximum Gasteiger partial charge on any atom is 0.417 e. The van der Waals surface area contributed by atoms with Crippen LogP contribution >= 0.6 is 15.9 Å². The van der Waals surface area contributed by atoms with Gasteiger partial charge in [-0.2, -0.15) is 18.4 Å². The van der Waals surface area contributed by atoms with Crippen LogP contribution in [0.5, 0.6) is 0 Å². The van der Waals surface area contributed by atoms with Crippen molar-refractivity contribution in [2.45, 2.75) is 51.6 Å². The Labute approximate surface area is 247 Å². The number of alkyl halides is 3. The zero-order chi connectivity index (χ0) is 30.3. The second kappa shape index (κ2) is 11.1. The van der Waals surface area contributed by atoms with Crippen LogP contribution in [0.25, 0.3) is 16.7 Å². The maximum absolute atomic E-state index is 14.0. The fourth-order valence-corrected chi connectivity index (χ4v) is 5.43. The van der Waals surface area contributed by atoms with Crippen LogP contribution in [-0.2, 0) is 25.7 Å². The molecule has 216 valence electrons. The second-order valence-electron chi connectivity index (χ2n) is 10.1. The van der Waals surface area contributed by atoms with E-state index in [0.29, 0.717) is 28.0 Å². The number of imidazole rings is 1. The summed E-state index contributed by atoms with van der Waals surface area (Å²) in [7, 11) is 0. The number of aromatic nitrogens is 4. The Morgan fingerprint density at radius 1 is 1.31 bits per heavy atom. The first-order valence-corrected chi connectivity index (χ1v) is 13.8. The highest BCUT2D eigenvalue weighted by molar-refractivity contribution is 9.10. The number of hydrogen-bond donors (Lipinski definition) is 1. The second-order valence-corrected chi connectivity index (χ2v) is 10.9. The van der Waals surface area contributed by atoms with Crippen molar-refractivity contribution < 1.29 is 18.0 Å². The molecule has 0 fully saturated rings. The zero-order valence-corrected chi connectivity index (χ0v) is 24.2. The van der Waals surface area contributed by atoms with Gasteiger partial charge in [0.15, 0.2) is 0 Å². The molecule has 4 aromatic rings. The van der Waals surface area contributed by atoms with E-state index in [1.54, 1.807) is 42.1 Å². The Bertz CT molecular complexity index is 1820. The van der Waals surface area contributed by atoms with Gasteiger partial charge in [0.2, 0.25) is 5.95 Å². The average molecular weight is 640 g/mol. The van der Waals surface area contributed by atoms with Crippen LogP contribution in [0.1, 0.15) is 41.0 Å². The summed E-state index contributed by atoms with van der Waals surface area (Å²) in [5.74, 6) is -0.385. The number of anilines is 1. The summed E-state index contributed by atoms with van der Waals surface area (Å²) in [5.41, 5.74) is 1.18. The van der Waals surface area contributed by atoms with Crippen molar-refractivity contribution in [2.24, 2.45) is 0 Å². The first-order chi connectivity index (χ1) is 19.9. The summed E-state index contributed by atoms with van der Waals surface area (Å²) in [6.07, 6.45) is -1.28. The smallest absolute Gasteiger partial charge is 0.349 e. The third-order valence-corrected chi connectivity index (χ3v) is 7.90. The van der Waals surface area contributed by atoms with Crippen molar-refractivity contribution in [1.82, 2.24) is 24.0 Å². The molecule has 0 bridgehead atoms. The van der Waals surface area contributed by atoms with Gasteiger partial charge in [0, 0.05) is 27.7 Å². The molecule has 3 heterocycles. The largest absolute Gasteiger partial charge is 0.417 e. The van der Waals surface area contributed by atoms with Gasteiger partial charge < -0.3 is 14.8 Å². The number of nitrogens with zero attached hydrogens (tertiary/aromatic N) is 6. The van der Waals surface area contributed by atoms with Crippen LogP contribution in [0.2, 0.25) is 0 Å².